The van der Waals surface area contributed by atoms with Crippen LogP contribution < -0.4 is 15.4 Å². The van der Waals surface area contributed by atoms with E-state index in [4.69, 9.17) is 5.73 Å². The Hall–Kier alpha value is -3.15. The second-order valence-corrected chi connectivity index (χ2v) is 5.40. The fourth-order valence-electron chi connectivity index (χ4n) is 2.50. The fourth-order valence-corrected chi connectivity index (χ4v) is 2.50. The number of halogens is 2. The number of fused-ring (bicyclic) bond motifs is 1. The van der Waals surface area contributed by atoms with Gasteiger partial charge in [0.25, 0.3) is 0 Å². The van der Waals surface area contributed by atoms with Crippen LogP contribution in [0, 0.1) is 0 Å². The molecular formula is C19H17F2N3O. The van der Waals surface area contributed by atoms with Crippen LogP contribution in [0.4, 0.5) is 20.2 Å². The van der Waals surface area contributed by atoms with Crippen molar-refractivity contribution in [2.75, 3.05) is 11.9 Å². The number of ether oxygens (including phenoxy) is 1. The normalized spacial score (nSPS) is 11.8. The monoisotopic (exact) mass is 341 g/mol. The van der Waals surface area contributed by atoms with Gasteiger partial charge in [0.15, 0.2) is 0 Å². The van der Waals surface area contributed by atoms with Crippen LogP contribution in [0.3, 0.4) is 0 Å². The highest BCUT2D eigenvalue weighted by Gasteiger charge is 2.10. The molecule has 2 N–H and O–H groups in total. The Morgan fingerprint density at radius 2 is 1.76 bits per heavy atom. The molecule has 0 spiro atoms. The molecule has 0 saturated heterocycles. The lowest BCUT2D eigenvalue weighted by atomic mass is 10.1. The third-order valence-electron chi connectivity index (χ3n) is 3.78. The molecule has 0 heterocycles. The first-order valence-corrected chi connectivity index (χ1v) is 7.65. The van der Waals surface area contributed by atoms with E-state index in [2.05, 4.69) is 9.73 Å². The lowest BCUT2D eigenvalue weighted by molar-refractivity contribution is -0.0498. The van der Waals surface area contributed by atoms with E-state index in [-0.39, 0.29) is 11.7 Å². The van der Waals surface area contributed by atoms with Crippen LogP contribution in [0.2, 0.25) is 0 Å². The molecule has 0 bridgehead atoms. The SMILES string of the molecule is CN(C(N)=Nc1cccc2ccccc12)c1cccc(OC(F)F)c1. The molecule has 0 radical (unpaired) electrons. The second kappa shape index (κ2) is 7.17. The van der Waals surface area contributed by atoms with Gasteiger partial charge in [0.1, 0.15) is 5.75 Å². The number of benzene rings is 3. The molecule has 0 unspecified atom stereocenters. The van der Waals surface area contributed by atoms with Crippen LogP contribution in [-0.4, -0.2) is 19.6 Å². The van der Waals surface area contributed by atoms with Gasteiger partial charge in [0.2, 0.25) is 5.96 Å². The van der Waals surface area contributed by atoms with E-state index in [1.807, 2.05) is 42.5 Å². The quantitative estimate of drug-likeness (QED) is 0.560. The number of hydrogen-bond acceptors (Lipinski definition) is 2. The van der Waals surface area contributed by atoms with E-state index in [0.717, 1.165) is 16.5 Å². The van der Waals surface area contributed by atoms with E-state index in [0.29, 0.717) is 5.69 Å². The Morgan fingerprint density at radius 3 is 2.56 bits per heavy atom. The molecule has 0 aromatic heterocycles. The number of aliphatic imine (C=N–C) groups is 1. The van der Waals surface area contributed by atoms with Crippen molar-refractivity contribution >= 4 is 28.1 Å². The molecule has 0 aliphatic rings. The lowest BCUT2D eigenvalue weighted by Gasteiger charge is -2.19. The number of hydrogen-bond donors (Lipinski definition) is 1. The number of nitrogens with zero attached hydrogens (tertiary/aromatic N) is 2. The largest absolute Gasteiger partial charge is 0.435 e. The van der Waals surface area contributed by atoms with Crippen LogP contribution in [0.25, 0.3) is 10.8 Å². The van der Waals surface area contributed by atoms with Gasteiger partial charge in [-0.3, -0.25) is 0 Å². The smallest absolute Gasteiger partial charge is 0.387 e. The van der Waals surface area contributed by atoms with Crippen molar-refractivity contribution in [3.63, 3.8) is 0 Å². The van der Waals surface area contributed by atoms with Crippen LogP contribution >= 0.6 is 0 Å². The molecule has 3 aromatic rings. The van der Waals surface area contributed by atoms with E-state index < -0.39 is 6.61 Å². The topological polar surface area (TPSA) is 50.8 Å². The molecule has 25 heavy (non-hydrogen) atoms. The third-order valence-corrected chi connectivity index (χ3v) is 3.78. The van der Waals surface area contributed by atoms with Gasteiger partial charge in [-0.1, -0.05) is 42.5 Å². The van der Waals surface area contributed by atoms with Gasteiger partial charge in [-0.2, -0.15) is 8.78 Å². The first-order valence-electron chi connectivity index (χ1n) is 7.65. The van der Waals surface area contributed by atoms with Crippen LogP contribution in [-0.2, 0) is 0 Å². The molecular weight excluding hydrogens is 324 g/mol. The van der Waals surface area contributed by atoms with Gasteiger partial charge in [-0.15, -0.1) is 0 Å². The van der Waals surface area contributed by atoms with Crippen LogP contribution in [0.5, 0.6) is 5.75 Å². The van der Waals surface area contributed by atoms with Crippen molar-refractivity contribution in [1.29, 1.82) is 0 Å². The molecule has 3 rings (SSSR count). The summed E-state index contributed by atoms with van der Waals surface area (Å²) in [4.78, 5) is 6.10. The fraction of sp³-hybridized carbons (Fsp3) is 0.105. The third kappa shape index (κ3) is 3.85. The van der Waals surface area contributed by atoms with Crippen molar-refractivity contribution in [2.24, 2.45) is 10.7 Å². The predicted molar refractivity (Wildman–Crippen MR) is 96.7 cm³/mol. The maximum Gasteiger partial charge on any atom is 0.387 e. The Morgan fingerprint density at radius 1 is 1.04 bits per heavy atom. The first kappa shape index (κ1) is 16.7. The van der Waals surface area contributed by atoms with Crippen LogP contribution in [0.1, 0.15) is 0 Å². The molecule has 0 aliphatic carbocycles. The summed E-state index contributed by atoms with van der Waals surface area (Å²) in [7, 11) is 1.71. The maximum atomic E-state index is 12.4. The van der Waals surface area contributed by atoms with Gasteiger partial charge in [-0.25, -0.2) is 4.99 Å². The number of anilines is 1. The zero-order valence-corrected chi connectivity index (χ0v) is 13.6. The molecule has 128 valence electrons. The molecule has 0 fully saturated rings. The second-order valence-electron chi connectivity index (χ2n) is 5.40. The average molecular weight is 341 g/mol. The van der Waals surface area contributed by atoms with E-state index in [9.17, 15) is 8.78 Å². The Bertz CT molecular complexity index is 907. The standard InChI is InChI=1S/C19H17F2N3O/c1-24(14-8-5-9-15(12-14)25-18(20)21)19(22)23-17-11-4-7-13-6-2-3-10-16(13)17/h2-12,18H,1H3,(H2,22,23). The molecule has 0 saturated carbocycles. The molecule has 0 atom stereocenters. The lowest BCUT2D eigenvalue weighted by Crippen LogP contribution is -2.33. The average Bonchev–Trinajstić information content (AvgIpc) is 2.61. The summed E-state index contributed by atoms with van der Waals surface area (Å²) in [5, 5.41) is 2.04. The maximum absolute atomic E-state index is 12.4. The minimum absolute atomic E-state index is 0.0670. The zero-order chi connectivity index (χ0) is 17.8. The van der Waals surface area contributed by atoms with Gasteiger partial charge in [0, 0.05) is 24.2 Å². The summed E-state index contributed by atoms with van der Waals surface area (Å²) >= 11 is 0. The number of nitrogens with two attached hydrogens (primary N) is 1. The summed E-state index contributed by atoms with van der Waals surface area (Å²) < 4.78 is 29.1. The van der Waals surface area contributed by atoms with Gasteiger partial charge >= 0.3 is 6.61 Å². The first-order chi connectivity index (χ1) is 12.0. The predicted octanol–water partition coefficient (Wildman–Crippen LogP) is 4.52. The number of guanidine groups is 1. The van der Waals surface area contributed by atoms with Gasteiger partial charge in [0.05, 0.1) is 5.69 Å². The Labute approximate surface area is 144 Å². The van der Waals surface area contributed by atoms with Crippen molar-refractivity contribution < 1.29 is 13.5 Å². The summed E-state index contributed by atoms with van der Waals surface area (Å²) in [6.45, 7) is -2.87. The summed E-state index contributed by atoms with van der Waals surface area (Å²) in [5.74, 6) is 0.308. The Balaban J connectivity index is 1.91. The Kier molecular flexibility index (Phi) is 4.79. The highest BCUT2D eigenvalue weighted by molar-refractivity contribution is 6.00. The van der Waals surface area contributed by atoms with Crippen molar-refractivity contribution in [3.8, 4) is 5.75 Å². The van der Waals surface area contributed by atoms with Gasteiger partial charge in [-0.05, 0) is 23.6 Å². The minimum Gasteiger partial charge on any atom is -0.435 e. The molecule has 3 aromatic carbocycles. The van der Waals surface area contributed by atoms with Crippen molar-refractivity contribution in [2.45, 2.75) is 6.61 Å². The van der Waals surface area contributed by atoms with E-state index in [1.54, 1.807) is 24.1 Å². The molecule has 0 aliphatic heterocycles. The summed E-state index contributed by atoms with van der Waals surface area (Å²) in [6, 6.07) is 20.0. The van der Waals surface area contributed by atoms with E-state index >= 15 is 0 Å². The van der Waals surface area contributed by atoms with Crippen LogP contribution in [0.15, 0.2) is 71.7 Å². The van der Waals surface area contributed by atoms with Crippen molar-refractivity contribution in [1.82, 2.24) is 0 Å². The summed E-state index contributed by atoms with van der Waals surface area (Å²) in [5.41, 5.74) is 7.45. The van der Waals surface area contributed by atoms with Crippen molar-refractivity contribution in [3.05, 3.63) is 66.7 Å². The van der Waals surface area contributed by atoms with E-state index in [1.165, 1.54) is 12.1 Å². The molecule has 0 amide bonds. The molecule has 6 heteroatoms. The number of rotatable bonds is 4. The minimum atomic E-state index is -2.87. The number of alkyl halides is 2. The molecule has 4 nitrogen and oxygen atoms in total. The van der Waals surface area contributed by atoms with Gasteiger partial charge < -0.3 is 15.4 Å². The zero-order valence-electron chi connectivity index (χ0n) is 13.6. The summed E-state index contributed by atoms with van der Waals surface area (Å²) in [6.07, 6.45) is 0. The highest BCUT2D eigenvalue weighted by Crippen LogP contribution is 2.27. The highest BCUT2D eigenvalue weighted by atomic mass is 19.3.